The van der Waals surface area contributed by atoms with Gasteiger partial charge in [-0.3, -0.25) is 9.69 Å². The van der Waals surface area contributed by atoms with Gasteiger partial charge < -0.3 is 9.47 Å². The number of aryl methyl sites for hydroxylation is 1. The van der Waals surface area contributed by atoms with Crippen LogP contribution in [0, 0.1) is 0 Å². The van der Waals surface area contributed by atoms with Gasteiger partial charge in [-0.2, -0.15) is 0 Å². The van der Waals surface area contributed by atoms with E-state index in [9.17, 15) is 4.79 Å². The normalized spacial score (nSPS) is 20.9. The minimum Gasteiger partial charge on any atom is -0.333 e. The van der Waals surface area contributed by atoms with Gasteiger partial charge >= 0.3 is 0 Å². The van der Waals surface area contributed by atoms with Crippen molar-refractivity contribution in [2.45, 2.75) is 38.9 Å². The first-order valence-corrected chi connectivity index (χ1v) is 8.35. The first-order chi connectivity index (χ1) is 11.2. The molecule has 1 atom stereocenters. The summed E-state index contributed by atoms with van der Waals surface area (Å²) in [5.41, 5.74) is 2.38. The van der Waals surface area contributed by atoms with E-state index in [1.807, 2.05) is 23.4 Å². The summed E-state index contributed by atoms with van der Waals surface area (Å²) < 4.78 is 2.17. The SMILES string of the molecule is CC1CCc2ccccc2N1C(=O)CN1CCn2ccnc2C1. The average Bonchev–Trinajstić information content (AvgIpc) is 3.02. The predicted octanol–water partition coefficient (Wildman–Crippen LogP) is 2.07. The van der Waals surface area contributed by atoms with Crippen molar-refractivity contribution in [3.8, 4) is 0 Å². The van der Waals surface area contributed by atoms with Gasteiger partial charge in [-0.05, 0) is 31.4 Å². The molecule has 23 heavy (non-hydrogen) atoms. The van der Waals surface area contributed by atoms with E-state index in [1.54, 1.807) is 0 Å². The molecule has 4 rings (SSSR count). The minimum atomic E-state index is 0.199. The monoisotopic (exact) mass is 310 g/mol. The van der Waals surface area contributed by atoms with Crippen molar-refractivity contribution in [3.05, 3.63) is 48.0 Å². The van der Waals surface area contributed by atoms with Crippen LogP contribution in [0.4, 0.5) is 5.69 Å². The van der Waals surface area contributed by atoms with Gasteiger partial charge in [-0.15, -0.1) is 0 Å². The molecule has 0 radical (unpaired) electrons. The molecule has 2 aromatic rings. The lowest BCUT2D eigenvalue weighted by atomic mass is 9.96. The molecule has 0 spiro atoms. The molecule has 1 unspecified atom stereocenters. The van der Waals surface area contributed by atoms with Crippen LogP contribution in [0.2, 0.25) is 0 Å². The number of amides is 1. The maximum absolute atomic E-state index is 12.9. The molecule has 2 aliphatic rings. The number of hydrogen-bond donors (Lipinski definition) is 0. The number of benzene rings is 1. The molecule has 1 aromatic heterocycles. The van der Waals surface area contributed by atoms with Crippen molar-refractivity contribution < 1.29 is 4.79 Å². The lowest BCUT2D eigenvalue weighted by molar-refractivity contribution is -0.120. The van der Waals surface area contributed by atoms with Gasteiger partial charge in [-0.25, -0.2) is 4.98 Å². The maximum Gasteiger partial charge on any atom is 0.241 e. The van der Waals surface area contributed by atoms with Gasteiger partial charge in [0.2, 0.25) is 5.91 Å². The van der Waals surface area contributed by atoms with Crippen molar-refractivity contribution in [3.63, 3.8) is 0 Å². The summed E-state index contributed by atoms with van der Waals surface area (Å²) in [6, 6.07) is 8.56. The predicted molar refractivity (Wildman–Crippen MR) is 89.2 cm³/mol. The van der Waals surface area contributed by atoms with Crippen LogP contribution in [0.15, 0.2) is 36.7 Å². The van der Waals surface area contributed by atoms with E-state index in [2.05, 4.69) is 39.6 Å². The van der Waals surface area contributed by atoms with Crippen LogP contribution in [0.5, 0.6) is 0 Å². The largest absolute Gasteiger partial charge is 0.333 e. The van der Waals surface area contributed by atoms with Gasteiger partial charge in [0.1, 0.15) is 5.82 Å². The standard InChI is InChI=1S/C18H22N4O/c1-14-6-7-15-4-2-3-5-16(15)22(14)18(23)13-20-10-11-21-9-8-19-17(21)12-20/h2-5,8-9,14H,6-7,10-13H2,1H3. The lowest BCUT2D eigenvalue weighted by Crippen LogP contribution is -2.48. The molecule has 0 saturated heterocycles. The molecule has 1 aromatic carbocycles. The van der Waals surface area contributed by atoms with Gasteiger partial charge in [0.15, 0.2) is 0 Å². The molecular formula is C18H22N4O. The highest BCUT2D eigenvalue weighted by Crippen LogP contribution is 2.30. The Kier molecular flexibility index (Phi) is 3.65. The van der Waals surface area contributed by atoms with Crippen molar-refractivity contribution in [1.29, 1.82) is 0 Å². The van der Waals surface area contributed by atoms with E-state index in [0.29, 0.717) is 6.54 Å². The third-order valence-electron chi connectivity index (χ3n) is 4.97. The lowest BCUT2D eigenvalue weighted by Gasteiger charge is -2.37. The molecule has 1 amide bonds. The van der Waals surface area contributed by atoms with E-state index in [-0.39, 0.29) is 11.9 Å². The number of anilines is 1. The third-order valence-corrected chi connectivity index (χ3v) is 4.97. The van der Waals surface area contributed by atoms with Crippen LogP contribution in [-0.2, 0) is 24.3 Å². The highest BCUT2D eigenvalue weighted by Gasteiger charge is 2.29. The summed E-state index contributed by atoms with van der Waals surface area (Å²) in [4.78, 5) is 21.5. The van der Waals surface area contributed by atoms with E-state index in [0.717, 1.165) is 44.0 Å². The second-order valence-electron chi connectivity index (χ2n) is 6.53. The highest BCUT2D eigenvalue weighted by atomic mass is 16.2. The smallest absolute Gasteiger partial charge is 0.241 e. The number of nitrogens with zero attached hydrogens (tertiary/aromatic N) is 4. The molecule has 0 saturated carbocycles. The highest BCUT2D eigenvalue weighted by molar-refractivity contribution is 5.96. The summed E-state index contributed by atoms with van der Waals surface area (Å²) in [6.45, 7) is 5.18. The van der Waals surface area contributed by atoms with E-state index >= 15 is 0 Å². The van der Waals surface area contributed by atoms with Gasteiger partial charge in [0, 0.05) is 37.2 Å². The van der Waals surface area contributed by atoms with Crippen molar-refractivity contribution >= 4 is 11.6 Å². The van der Waals surface area contributed by atoms with Crippen LogP contribution in [0.1, 0.15) is 24.7 Å². The second kappa shape index (κ2) is 5.81. The summed E-state index contributed by atoms with van der Waals surface area (Å²) in [5.74, 6) is 1.25. The Morgan fingerprint density at radius 2 is 2.17 bits per heavy atom. The Morgan fingerprint density at radius 3 is 3.09 bits per heavy atom. The van der Waals surface area contributed by atoms with Crippen LogP contribution < -0.4 is 4.90 Å². The molecule has 0 N–H and O–H groups in total. The van der Waals surface area contributed by atoms with Crippen molar-refractivity contribution in [2.24, 2.45) is 0 Å². The van der Waals surface area contributed by atoms with Crippen LogP contribution >= 0.6 is 0 Å². The first kappa shape index (κ1) is 14.5. The van der Waals surface area contributed by atoms with Gasteiger partial charge in [0.25, 0.3) is 0 Å². The molecule has 3 heterocycles. The summed E-state index contributed by atoms with van der Waals surface area (Å²) in [5, 5.41) is 0. The number of rotatable bonds is 2. The number of fused-ring (bicyclic) bond motifs is 2. The number of aromatic nitrogens is 2. The zero-order chi connectivity index (χ0) is 15.8. The molecule has 0 bridgehead atoms. The number of imidazole rings is 1. The summed E-state index contributed by atoms with van der Waals surface area (Å²) in [7, 11) is 0. The number of para-hydroxylation sites is 1. The Hall–Kier alpha value is -2.14. The quantitative estimate of drug-likeness (QED) is 0.853. The van der Waals surface area contributed by atoms with E-state index < -0.39 is 0 Å². The van der Waals surface area contributed by atoms with Gasteiger partial charge in [-0.1, -0.05) is 18.2 Å². The van der Waals surface area contributed by atoms with E-state index in [4.69, 9.17) is 0 Å². The fourth-order valence-electron chi connectivity index (χ4n) is 3.69. The van der Waals surface area contributed by atoms with Crippen molar-refractivity contribution in [2.75, 3.05) is 18.0 Å². The first-order valence-electron chi connectivity index (χ1n) is 8.35. The Bertz CT molecular complexity index is 723. The number of carbonyl (C=O) groups excluding carboxylic acids is 1. The summed E-state index contributed by atoms with van der Waals surface area (Å²) >= 11 is 0. The average molecular weight is 310 g/mol. The molecule has 120 valence electrons. The Morgan fingerprint density at radius 1 is 1.30 bits per heavy atom. The summed E-state index contributed by atoms with van der Waals surface area (Å²) in [6.07, 6.45) is 5.94. The molecule has 2 aliphatic heterocycles. The zero-order valence-corrected chi connectivity index (χ0v) is 13.5. The van der Waals surface area contributed by atoms with Crippen LogP contribution in [-0.4, -0.2) is 39.5 Å². The number of carbonyl (C=O) groups is 1. The minimum absolute atomic E-state index is 0.199. The topological polar surface area (TPSA) is 41.4 Å². The molecule has 5 nitrogen and oxygen atoms in total. The zero-order valence-electron chi connectivity index (χ0n) is 13.5. The van der Waals surface area contributed by atoms with Crippen molar-refractivity contribution in [1.82, 2.24) is 14.5 Å². The van der Waals surface area contributed by atoms with Crippen LogP contribution in [0.3, 0.4) is 0 Å². The number of hydrogen-bond acceptors (Lipinski definition) is 3. The molecular weight excluding hydrogens is 288 g/mol. The molecule has 5 heteroatoms. The Labute approximate surface area is 136 Å². The fourth-order valence-corrected chi connectivity index (χ4v) is 3.69. The van der Waals surface area contributed by atoms with E-state index in [1.165, 1.54) is 5.56 Å². The fraction of sp³-hybridized carbons (Fsp3) is 0.444. The second-order valence-corrected chi connectivity index (χ2v) is 6.53. The molecule has 0 fully saturated rings. The molecule has 0 aliphatic carbocycles. The third kappa shape index (κ3) is 2.65. The van der Waals surface area contributed by atoms with Gasteiger partial charge in [0.05, 0.1) is 13.1 Å². The Balaban J connectivity index is 1.51. The maximum atomic E-state index is 12.9. The van der Waals surface area contributed by atoms with Crippen LogP contribution in [0.25, 0.3) is 0 Å².